The summed E-state index contributed by atoms with van der Waals surface area (Å²) >= 11 is 0. The van der Waals surface area contributed by atoms with E-state index >= 15 is 0 Å². The van der Waals surface area contributed by atoms with Gasteiger partial charge in [-0.25, -0.2) is 0 Å². The molecule has 0 spiro atoms. The van der Waals surface area contributed by atoms with E-state index in [-0.39, 0.29) is 11.6 Å². The molecule has 0 aromatic heterocycles. The van der Waals surface area contributed by atoms with Crippen molar-refractivity contribution in [1.82, 2.24) is 0 Å². The van der Waals surface area contributed by atoms with Crippen LogP contribution in [-0.4, -0.2) is 11.6 Å². The van der Waals surface area contributed by atoms with E-state index < -0.39 is 0 Å². The number of unbranched alkanes of at least 4 members (excludes halogenated alkanes) is 4. The minimum Gasteiger partial charge on any atom is -0.460 e. The molecule has 0 radical (unpaired) electrons. The molecule has 0 rings (SSSR count). The number of esters is 1. The van der Waals surface area contributed by atoms with E-state index in [2.05, 4.69) is 20.8 Å². The summed E-state index contributed by atoms with van der Waals surface area (Å²) in [5.74, 6) is 1.09. The first-order chi connectivity index (χ1) is 9.24. The molecule has 0 heterocycles. The Hall–Kier alpha value is -0.530. The predicted octanol–water partition coefficient (Wildman–Crippen LogP) is 5.74. The van der Waals surface area contributed by atoms with Crippen molar-refractivity contribution in [3.63, 3.8) is 0 Å². The standard InChI is InChI=1S/C18H36O2/c1-7-8-9-10-11-12-15(2)13-16(3)14-17(19)20-18(4,5)6/h15-16H,7-14H2,1-6H3. The molecular formula is C18H36O2. The Labute approximate surface area is 126 Å². The van der Waals surface area contributed by atoms with Crippen LogP contribution in [-0.2, 0) is 9.53 Å². The summed E-state index contributed by atoms with van der Waals surface area (Å²) in [5.41, 5.74) is -0.359. The Morgan fingerprint density at radius 1 is 1.00 bits per heavy atom. The predicted molar refractivity (Wildman–Crippen MR) is 86.8 cm³/mol. The van der Waals surface area contributed by atoms with Gasteiger partial charge in [0.15, 0.2) is 0 Å². The van der Waals surface area contributed by atoms with Crippen LogP contribution in [0.1, 0.15) is 92.9 Å². The SMILES string of the molecule is CCCCCCCC(C)CC(C)CC(=O)OC(C)(C)C. The summed E-state index contributed by atoms with van der Waals surface area (Å²) < 4.78 is 5.38. The van der Waals surface area contributed by atoms with Crippen LogP contribution in [0, 0.1) is 11.8 Å². The summed E-state index contributed by atoms with van der Waals surface area (Å²) in [7, 11) is 0. The second-order valence-electron chi connectivity index (χ2n) is 7.44. The lowest BCUT2D eigenvalue weighted by Gasteiger charge is -2.22. The lowest BCUT2D eigenvalue weighted by molar-refractivity contribution is -0.155. The Kier molecular flexibility index (Phi) is 9.96. The number of hydrogen-bond acceptors (Lipinski definition) is 2. The third kappa shape index (κ3) is 12.5. The minimum absolute atomic E-state index is 0.0554. The third-order valence-corrected chi connectivity index (χ3v) is 3.54. The molecule has 0 aliphatic rings. The summed E-state index contributed by atoms with van der Waals surface area (Å²) in [5, 5.41) is 0. The van der Waals surface area contributed by atoms with Crippen LogP contribution in [0.2, 0.25) is 0 Å². The van der Waals surface area contributed by atoms with Crippen LogP contribution in [0.25, 0.3) is 0 Å². The van der Waals surface area contributed by atoms with Gasteiger partial charge in [0.2, 0.25) is 0 Å². The van der Waals surface area contributed by atoms with Crippen molar-refractivity contribution in [2.75, 3.05) is 0 Å². The van der Waals surface area contributed by atoms with E-state index in [1.54, 1.807) is 0 Å². The first-order valence-electron chi connectivity index (χ1n) is 8.46. The maximum atomic E-state index is 11.8. The third-order valence-electron chi connectivity index (χ3n) is 3.54. The molecule has 0 amide bonds. The van der Waals surface area contributed by atoms with Crippen molar-refractivity contribution in [2.24, 2.45) is 11.8 Å². The number of hydrogen-bond donors (Lipinski definition) is 0. The van der Waals surface area contributed by atoms with Crippen molar-refractivity contribution < 1.29 is 9.53 Å². The van der Waals surface area contributed by atoms with Crippen LogP contribution in [0.4, 0.5) is 0 Å². The van der Waals surface area contributed by atoms with Gasteiger partial charge in [-0.05, 0) is 39.0 Å². The second-order valence-corrected chi connectivity index (χ2v) is 7.44. The highest BCUT2D eigenvalue weighted by molar-refractivity contribution is 5.70. The van der Waals surface area contributed by atoms with Gasteiger partial charge in [0.1, 0.15) is 5.60 Å². The summed E-state index contributed by atoms with van der Waals surface area (Å²) in [6.07, 6.45) is 9.72. The van der Waals surface area contributed by atoms with Crippen LogP contribution in [0.5, 0.6) is 0 Å². The fourth-order valence-corrected chi connectivity index (χ4v) is 2.65. The Balaban J connectivity index is 3.73. The maximum absolute atomic E-state index is 11.8. The van der Waals surface area contributed by atoms with Gasteiger partial charge < -0.3 is 4.74 Å². The van der Waals surface area contributed by atoms with Crippen LogP contribution >= 0.6 is 0 Å². The quantitative estimate of drug-likeness (QED) is 0.377. The van der Waals surface area contributed by atoms with E-state index in [1.165, 1.54) is 38.5 Å². The zero-order valence-corrected chi connectivity index (χ0v) is 14.6. The average molecular weight is 284 g/mol. The fraction of sp³-hybridized carbons (Fsp3) is 0.944. The largest absolute Gasteiger partial charge is 0.460 e. The molecule has 120 valence electrons. The van der Waals surface area contributed by atoms with Gasteiger partial charge in [-0.2, -0.15) is 0 Å². The molecule has 0 fully saturated rings. The highest BCUT2D eigenvalue weighted by Gasteiger charge is 2.19. The Bertz CT molecular complexity index is 253. The smallest absolute Gasteiger partial charge is 0.306 e. The molecular weight excluding hydrogens is 248 g/mol. The monoisotopic (exact) mass is 284 g/mol. The van der Waals surface area contributed by atoms with E-state index in [1.807, 2.05) is 20.8 Å². The van der Waals surface area contributed by atoms with E-state index in [9.17, 15) is 4.79 Å². The van der Waals surface area contributed by atoms with E-state index in [4.69, 9.17) is 4.74 Å². The van der Waals surface area contributed by atoms with Gasteiger partial charge in [-0.3, -0.25) is 4.79 Å². The lowest BCUT2D eigenvalue weighted by atomic mass is 9.91. The number of ether oxygens (including phenoxy) is 1. The molecule has 0 N–H and O–H groups in total. The highest BCUT2D eigenvalue weighted by Crippen LogP contribution is 2.22. The Morgan fingerprint density at radius 2 is 1.60 bits per heavy atom. The molecule has 20 heavy (non-hydrogen) atoms. The number of carbonyl (C=O) groups is 1. The van der Waals surface area contributed by atoms with Crippen molar-refractivity contribution >= 4 is 5.97 Å². The molecule has 2 unspecified atom stereocenters. The molecule has 2 heteroatoms. The average Bonchev–Trinajstić information content (AvgIpc) is 2.25. The van der Waals surface area contributed by atoms with Gasteiger partial charge in [0.25, 0.3) is 0 Å². The van der Waals surface area contributed by atoms with Crippen LogP contribution < -0.4 is 0 Å². The zero-order valence-electron chi connectivity index (χ0n) is 14.6. The molecule has 0 aliphatic carbocycles. The van der Waals surface area contributed by atoms with Crippen molar-refractivity contribution in [3.05, 3.63) is 0 Å². The van der Waals surface area contributed by atoms with Crippen molar-refractivity contribution in [3.8, 4) is 0 Å². The first kappa shape index (κ1) is 19.5. The van der Waals surface area contributed by atoms with Crippen molar-refractivity contribution in [2.45, 2.75) is 98.5 Å². The van der Waals surface area contributed by atoms with E-state index in [0.29, 0.717) is 18.3 Å². The first-order valence-corrected chi connectivity index (χ1v) is 8.46. The molecule has 0 saturated carbocycles. The fourth-order valence-electron chi connectivity index (χ4n) is 2.65. The van der Waals surface area contributed by atoms with Gasteiger partial charge >= 0.3 is 5.97 Å². The summed E-state index contributed by atoms with van der Waals surface area (Å²) in [6.45, 7) is 12.5. The van der Waals surface area contributed by atoms with Gasteiger partial charge in [0, 0.05) is 6.42 Å². The maximum Gasteiger partial charge on any atom is 0.306 e. The molecule has 2 atom stereocenters. The molecule has 2 nitrogen and oxygen atoms in total. The molecule has 0 saturated heterocycles. The minimum atomic E-state index is -0.359. The van der Waals surface area contributed by atoms with E-state index in [0.717, 1.165) is 6.42 Å². The lowest BCUT2D eigenvalue weighted by Crippen LogP contribution is -2.25. The summed E-state index contributed by atoms with van der Waals surface area (Å²) in [6, 6.07) is 0. The normalized spacial score (nSPS) is 14.9. The van der Waals surface area contributed by atoms with Gasteiger partial charge in [0.05, 0.1) is 0 Å². The number of carbonyl (C=O) groups excluding carboxylic acids is 1. The number of rotatable bonds is 10. The van der Waals surface area contributed by atoms with Gasteiger partial charge in [-0.15, -0.1) is 0 Å². The highest BCUT2D eigenvalue weighted by atomic mass is 16.6. The van der Waals surface area contributed by atoms with Crippen molar-refractivity contribution in [1.29, 1.82) is 0 Å². The summed E-state index contributed by atoms with van der Waals surface area (Å²) in [4.78, 5) is 11.8. The molecule has 0 aromatic rings. The molecule has 0 aliphatic heterocycles. The Morgan fingerprint density at radius 3 is 2.15 bits per heavy atom. The second kappa shape index (κ2) is 10.2. The van der Waals surface area contributed by atoms with Crippen LogP contribution in [0.15, 0.2) is 0 Å². The van der Waals surface area contributed by atoms with Gasteiger partial charge in [-0.1, -0.05) is 59.3 Å². The molecule has 0 bridgehead atoms. The van der Waals surface area contributed by atoms with Crippen LogP contribution in [0.3, 0.4) is 0 Å². The molecule has 0 aromatic carbocycles. The topological polar surface area (TPSA) is 26.3 Å². The zero-order chi connectivity index (χ0) is 15.6.